The Morgan fingerprint density at radius 1 is 1.14 bits per heavy atom. The number of amides is 3. The minimum Gasteiger partial charge on any atom is -0.446 e. The minimum atomic E-state index is -0.391. The maximum Gasteiger partial charge on any atom is 0.322 e. The first-order valence-corrected chi connectivity index (χ1v) is 10.2. The number of carbonyl (C=O) groups excluding carboxylic acids is 2. The summed E-state index contributed by atoms with van der Waals surface area (Å²) in [5.74, 6) is 0.482. The smallest absolute Gasteiger partial charge is 0.322 e. The van der Waals surface area contributed by atoms with Gasteiger partial charge in [-0.1, -0.05) is 57.0 Å². The summed E-state index contributed by atoms with van der Waals surface area (Å²) in [7, 11) is 0. The Kier molecular flexibility index (Phi) is 8.34. The lowest BCUT2D eigenvalue weighted by Crippen LogP contribution is -2.37. The molecule has 0 unspecified atom stereocenters. The van der Waals surface area contributed by atoms with Crippen molar-refractivity contribution in [2.24, 2.45) is 11.8 Å². The fraction of sp³-hybridized carbons (Fsp3) is 0.450. The van der Waals surface area contributed by atoms with Crippen LogP contribution in [0.15, 0.2) is 28.9 Å². The molecule has 0 aliphatic heterocycles. The number of halogens is 2. The number of anilines is 1. The van der Waals surface area contributed by atoms with Crippen molar-refractivity contribution < 1.29 is 14.0 Å². The minimum absolute atomic E-state index is 0.101. The zero-order valence-corrected chi connectivity index (χ0v) is 18.5. The number of nitrogens with zero attached hydrogens (tertiary/aromatic N) is 2. The van der Waals surface area contributed by atoms with E-state index < -0.39 is 6.03 Å². The van der Waals surface area contributed by atoms with Crippen LogP contribution in [0.4, 0.5) is 10.5 Å². The van der Waals surface area contributed by atoms with Gasteiger partial charge in [0.25, 0.3) is 5.91 Å². The fourth-order valence-electron chi connectivity index (χ4n) is 2.50. The Balaban J connectivity index is 2.11. The molecule has 0 fully saturated rings. The van der Waals surface area contributed by atoms with E-state index in [2.05, 4.69) is 15.6 Å². The second-order valence-electron chi connectivity index (χ2n) is 7.53. The van der Waals surface area contributed by atoms with Crippen molar-refractivity contribution in [1.82, 2.24) is 15.2 Å². The predicted molar refractivity (Wildman–Crippen MR) is 114 cm³/mol. The fourth-order valence-corrected chi connectivity index (χ4v) is 2.99. The van der Waals surface area contributed by atoms with Crippen LogP contribution in [-0.4, -0.2) is 34.9 Å². The summed E-state index contributed by atoms with van der Waals surface area (Å²) in [5.41, 5.74) is 0.524. The van der Waals surface area contributed by atoms with Crippen LogP contribution in [0.1, 0.15) is 44.1 Å². The SMILES string of the molecule is CC(C)CNC(=O)c1coc(CN(CC(C)C)C(=O)Nc2c(Cl)cccc2Cl)n1. The van der Waals surface area contributed by atoms with Crippen LogP contribution in [0.25, 0.3) is 0 Å². The molecule has 0 aliphatic carbocycles. The van der Waals surface area contributed by atoms with Crippen molar-refractivity contribution >= 4 is 40.8 Å². The Bertz CT molecular complexity index is 832. The molecule has 1 aromatic carbocycles. The van der Waals surface area contributed by atoms with E-state index in [9.17, 15) is 9.59 Å². The lowest BCUT2D eigenvalue weighted by Gasteiger charge is -2.24. The highest BCUT2D eigenvalue weighted by molar-refractivity contribution is 6.39. The number of hydrogen-bond acceptors (Lipinski definition) is 4. The van der Waals surface area contributed by atoms with Crippen molar-refractivity contribution in [1.29, 1.82) is 0 Å². The van der Waals surface area contributed by atoms with Crippen LogP contribution in [-0.2, 0) is 6.54 Å². The maximum absolute atomic E-state index is 12.8. The van der Waals surface area contributed by atoms with Crippen molar-refractivity contribution in [3.05, 3.63) is 46.1 Å². The quantitative estimate of drug-likeness (QED) is 0.600. The van der Waals surface area contributed by atoms with Gasteiger partial charge in [0.15, 0.2) is 5.69 Å². The van der Waals surface area contributed by atoms with Crippen LogP contribution in [0, 0.1) is 11.8 Å². The van der Waals surface area contributed by atoms with Gasteiger partial charge in [-0.2, -0.15) is 0 Å². The molecule has 29 heavy (non-hydrogen) atoms. The molecule has 0 radical (unpaired) electrons. The number of benzene rings is 1. The maximum atomic E-state index is 12.8. The van der Waals surface area contributed by atoms with Crippen molar-refractivity contribution in [2.45, 2.75) is 34.2 Å². The zero-order valence-electron chi connectivity index (χ0n) is 17.0. The van der Waals surface area contributed by atoms with E-state index >= 15 is 0 Å². The molecule has 1 heterocycles. The van der Waals surface area contributed by atoms with Crippen LogP contribution in [0.5, 0.6) is 0 Å². The molecule has 2 rings (SSSR count). The molecular formula is C20H26Cl2N4O3. The highest BCUT2D eigenvalue weighted by atomic mass is 35.5. The number of hydrogen-bond donors (Lipinski definition) is 2. The normalized spacial score (nSPS) is 11.0. The van der Waals surface area contributed by atoms with Gasteiger partial charge in [-0.25, -0.2) is 9.78 Å². The first-order valence-electron chi connectivity index (χ1n) is 9.40. The summed E-state index contributed by atoms with van der Waals surface area (Å²) in [5, 5.41) is 6.21. The third kappa shape index (κ3) is 6.94. The van der Waals surface area contributed by atoms with E-state index in [1.165, 1.54) is 11.2 Å². The number of para-hydroxylation sites is 1. The average molecular weight is 441 g/mol. The van der Waals surface area contributed by atoms with Gasteiger partial charge in [-0.05, 0) is 24.0 Å². The summed E-state index contributed by atoms with van der Waals surface area (Å²) in [6, 6.07) is 4.60. The molecule has 1 aromatic heterocycles. The van der Waals surface area contributed by atoms with E-state index in [-0.39, 0.29) is 30.0 Å². The molecule has 3 amide bonds. The molecule has 7 nitrogen and oxygen atoms in total. The standard InChI is InChI=1S/C20H26Cl2N4O3/c1-12(2)8-23-19(27)16-11-29-17(24-16)10-26(9-13(3)4)20(28)25-18-14(21)6-5-7-15(18)22/h5-7,11-13H,8-10H2,1-4H3,(H,23,27)(H,25,28). The Labute approximate surface area is 180 Å². The van der Waals surface area contributed by atoms with Crippen LogP contribution in [0.3, 0.4) is 0 Å². The lowest BCUT2D eigenvalue weighted by molar-refractivity contribution is 0.0944. The van der Waals surface area contributed by atoms with Gasteiger partial charge in [0, 0.05) is 13.1 Å². The van der Waals surface area contributed by atoms with Crippen LogP contribution >= 0.6 is 23.2 Å². The number of urea groups is 1. The topological polar surface area (TPSA) is 87.5 Å². The number of nitrogens with one attached hydrogen (secondary N) is 2. The summed E-state index contributed by atoms with van der Waals surface area (Å²) < 4.78 is 5.41. The molecule has 0 aliphatic rings. The molecule has 158 valence electrons. The van der Waals surface area contributed by atoms with Gasteiger partial charge in [-0.15, -0.1) is 0 Å². The van der Waals surface area contributed by atoms with Gasteiger partial charge >= 0.3 is 6.03 Å². The summed E-state index contributed by atoms with van der Waals surface area (Å²) in [6.07, 6.45) is 1.29. The largest absolute Gasteiger partial charge is 0.446 e. The van der Waals surface area contributed by atoms with E-state index in [0.717, 1.165) is 0 Å². The number of carbonyl (C=O) groups is 2. The number of oxazole rings is 1. The molecule has 2 N–H and O–H groups in total. The molecule has 0 atom stereocenters. The van der Waals surface area contributed by atoms with E-state index in [1.54, 1.807) is 18.2 Å². The van der Waals surface area contributed by atoms with Gasteiger partial charge < -0.3 is 20.0 Å². The van der Waals surface area contributed by atoms with Crippen LogP contribution < -0.4 is 10.6 Å². The lowest BCUT2D eigenvalue weighted by atomic mass is 10.2. The molecule has 0 saturated heterocycles. The monoisotopic (exact) mass is 440 g/mol. The van der Waals surface area contributed by atoms with E-state index in [4.69, 9.17) is 27.6 Å². The highest BCUT2D eigenvalue weighted by Gasteiger charge is 2.21. The van der Waals surface area contributed by atoms with E-state index in [1.807, 2.05) is 27.7 Å². The van der Waals surface area contributed by atoms with E-state index in [0.29, 0.717) is 34.7 Å². The highest BCUT2D eigenvalue weighted by Crippen LogP contribution is 2.30. The number of aromatic nitrogens is 1. The van der Waals surface area contributed by atoms with Gasteiger partial charge in [0.2, 0.25) is 5.89 Å². The predicted octanol–water partition coefficient (Wildman–Crippen LogP) is 5.06. The first kappa shape index (κ1) is 23.0. The van der Waals surface area contributed by atoms with Gasteiger partial charge in [0.05, 0.1) is 22.3 Å². The average Bonchev–Trinajstić information content (AvgIpc) is 3.10. The molecule has 0 saturated carbocycles. The second-order valence-corrected chi connectivity index (χ2v) is 8.35. The molecule has 0 bridgehead atoms. The molecule has 0 spiro atoms. The van der Waals surface area contributed by atoms with Gasteiger partial charge in [-0.3, -0.25) is 4.79 Å². The summed E-state index contributed by atoms with van der Waals surface area (Å²) in [6.45, 7) is 9.08. The summed E-state index contributed by atoms with van der Waals surface area (Å²) in [4.78, 5) is 30.7. The zero-order chi connectivity index (χ0) is 21.6. The third-order valence-corrected chi connectivity index (χ3v) is 4.48. The van der Waals surface area contributed by atoms with Gasteiger partial charge in [0.1, 0.15) is 6.26 Å². The Morgan fingerprint density at radius 2 is 1.79 bits per heavy atom. The number of rotatable bonds is 8. The molecule has 2 aromatic rings. The third-order valence-electron chi connectivity index (χ3n) is 3.85. The second kappa shape index (κ2) is 10.5. The molecule has 9 heteroatoms. The molecular weight excluding hydrogens is 415 g/mol. The first-order chi connectivity index (χ1) is 13.7. The Hall–Kier alpha value is -2.25. The van der Waals surface area contributed by atoms with Crippen molar-refractivity contribution in [3.8, 4) is 0 Å². The van der Waals surface area contributed by atoms with Crippen LogP contribution in [0.2, 0.25) is 10.0 Å². The Morgan fingerprint density at radius 3 is 2.38 bits per heavy atom. The summed E-state index contributed by atoms with van der Waals surface area (Å²) >= 11 is 12.3. The van der Waals surface area contributed by atoms with Crippen molar-refractivity contribution in [3.63, 3.8) is 0 Å². The van der Waals surface area contributed by atoms with Crippen molar-refractivity contribution in [2.75, 3.05) is 18.4 Å².